The van der Waals surface area contributed by atoms with Crippen molar-refractivity contribution in [2.24, 2.45) is 5.41 Å². The van der Waals surface area contributed by atoms with Gasteiger partial charge >= 0.3 is 0 Å². The number of hydrogen-bond acceptors (Lipinski definition) is 3. The lowest BCUT2D eigenvalue weighted by molar-refractivity contribution is 0.00795. The summed E-state index contributed by atoms with van der Waals surface area (Å²) in [4.78, 5) is 2.62. The molecule has 23 heavy (non-hydrogen) atoms. The van der Waals surface area contributed by atoms with Crippen LogP contribution in [-0.4, -0.2) is 38.8 Å². The highest BCUT2D eigenvalue weighted by atomic mass is 16.5. The van der Waals surface area contributed by atoms with E-state index in [1.54, 1.807) is 14.2 Å². The van der Waals surface area contributed by atoms with Crippen molar-refractivity contribution >= 4 is 0 Å². The van der Waals surface area contributed by atoms with Gasteiger partial charge in [0.2, 0.25) is 0 Å². The average molecular weight is 315 g/mol. The SMILES string of the molecule is COc1ccc(C23CCN(C)C2CC2(CCC2)CC3)cc1OC. The Kier molecular flexibility index (Phi) is 3.60. The van der Waals surface area contributed by atoms with E-state index >= 15 is 0 Å². The molecule has 1 spiro atoms. The third-order valence-electron chi connectivity index (χ3n) is 7.18. The normalized spacial score (nSPS) is 32.4. The summed E-state index contributed by atoms with van der Waals surface area (Å²) < 4.78 is 11.0. The second-order valence-corrected chi connectivity index (χ2v) is 8.03. The average Bonchev–Trinajstić information content (AvgIpc) is 2.90. The van der Waals surface area contributed by atoms with Crippen molar-refractivity contribution in [1.29, 1.82) is 0 Å². The molecule has 3 heteroatoms. The van der Waals surface area contributed by atoms with Crippen molar-refractivity contribution in [3.8, 4) is 11.5 Å². The van der Waals surface area contributed by atoms with Crippen molar-refractivity contribution in [3.63, 3.8) is 0 Å². The minimum Gasteiger partial charge on any atom is -0.493 e. The Morgan fingerprint density at radius 2 is 1.78 bits per heavy atom. The van der Waals surface area contributed by atoms with Crippen molar-refractivity contribution < 1.29 is 9.47 Å². The van der Waals surface area contributed by atoms with Crippen LogP contribution < -0.4 is 9.47 Å². The Morgan fingerprint density at radius 1 is 1.00 bits per heavy atom. The molecule has 0 aromatic heterocycles. The fraction of sp³-hybridized carbons (Fsp3) is 0.700. The summed E-state index contributed by atoms with van der Waals surface area (Å²) in [5.41, 5.74) is 2.44. The minimum absolute atomic E-state index is 0.315. The molecule has 0 N–H and O–H groups in total. The van der Waals surface area contributed by atoms with E-state index in [0.717, 1.165) is 11.5 Å². The fourth-order valence-corrected chi connectivity index (χ4v) is 5.52. The quantitative estimate of drug-likeness (QED) is 0.841. The van der Waals surface area contributed by atoms with Crippen LogP contribution in [0.4, 0.5) is 0 Å². The molecule has 1 heterocycles. The lowest BCUT2D eigenvalue weighted by Gasteiger charge is -2.54. The maximum absolute atomic E-state index is 5.57. The van der Waals surface area contributed by atoms with Crippen LogP contribution in [0.2, 0.25) is 0 Å². The molecule has 126 valence electrons. The molecule has 1 aliphatic heterocycles. The molecule has 0 radical (unpaired) electrons. The molecule has 2 atom stereocenters. The van der Waals surface area contributed by atoms with Crippen LogP contribution in [0.3, 0.4) is 0 Å². The number of rotatable bonds is 3. The molecule has 3 fully saturated rings. The maximum Gasteiger partial charge on any atom is 0.161 e. The third kappa shape index (κ3) is 2.20. The lowest BCUT2D eigenvalue weighted by Crippen LogP contribution is -2.51. The van der Waals surface area contributed by atoms with Gasteiger partial charge < -0.3 is 14.4 Å². The summed E-state index contributed by atoms with van der Waals surface area (Å²) in [6.07, 6.45) is 9.76. The number of hydrogen-bond donors (Lipinski definition) is 0. The van der Waals surface area contributed by atoms with Gasteiger partial charge in [-0.25, -0.2) is 0 Å². The van der Waals surface area contributed by atoms with Crippen LogP contribution in [0.5, 0.6) is 11.5 Å². The second kappa shape index (κ2) is 5.41. The van der Waals surface area contributed by atoms with E-state index in [9.17, 15) is 0 Å². The van der Waals surface area contributed by atoms with Gasteiger partial charge in [0.05, 0.1) is 14.2 Å². The summed E-state index contributed by atoms with van der Waals surface area (Å²) in [7, 11) is 5.77. The number of fused-ring (bicyclic) bond motifs is 1. The Hall–Kier alpha value is -1.22. The number of likely N-dealkylation sites (N-methyl/N-ethyl adjacent to an activating group) is 1. The topological polar surface area (TPSA) is 21.7 Å². The van der Waals surface area contributed by atoms with E-state index in [2.05, 4.69) is 30.1 Å². The zero-order chi connectivity index (χ0) is 16.1. The zero-order valence-electron chi connectivity index (χ0n) is 14.7. The van der Waals surface area contributed by atoms with Gasteiger partial charge in [0, 0.05) is 11.5 Å². The summed E-state index contributed by atoms with van der Waals surface area (Å²) in [5.74, 6) is 1.71. The van der Waals surface area contributed by atoms with E-state index in [1.807, 2.05) is 0 Å². The van der Waals surface area contributed by atoms with Gasteiger partial charge in [-0.3, -0.25) is 0 Å². The number of benzene rings is 1. The number of ether oxygens (including phenoxy) is 2. The number of nitrogens with zero attached hydrogens (tertiary/aromatic N) is 1. The predicted octanol–water partition coefficient (Wildman–Crippen LogP) is 4.00. The van der Waals surface area contributed by atoms with Crippen molar-refractivity contribution in [3.05, 3.63) is 23.8 Å². The largest absolute Gasteiger partial charge is 0.493 e. The molecule has 1 aromatic carbocycles. The maximum atomic E-state index is 5.57. The molecule has 0 amide bonds. The molecule has 3 aliphatic rings. The van der Waals surface area contributed by atoms with E-state index < -0.39 is 0 Å². The molecule has 3 nitrogen and oxygen atoms in total. The number of likely N-dealkylation sites (tertiary alicyclic amines) is 1. The first-order valence-corrected chi connectivity index (χ1v) is 9.05. The van der Waals surface area contributed by atoms with Crippen molar-refractivity contribution in [1.82, 2.24) is 4.90 Å². The van der Waals surface area contributed by atoms with Crippen LogP contribution >= 0.6 is 0 Å². The predicted molar refractivity (Wildman–Crippen MR) is 92.4 cm³/mol. The van der Waals surface area contributed by atoms with Crippen LogP contribution in [0.1, 0.15) is 50.5 Å². The van der Waals surface area contributed by atoms with Crippen molar-refractivity contribution in [2.45, 2.75) is 56.4 Å². The second-order valence-electron chi connectivity index (χ2n) is 8.03. The molecule has 1 aromatic rings. The van der Waals surface area contributed by atoms with E-state index in [4.69, 9.17) is 9.47 Å². The Morgan fingerprint density at radius 3 is 2.43 bits per heavy atom. The fourth-order valence-electron chi connectivity index (χ4n) is 5.52. The number of methoxy groups -OCH3 is 2. The van der Waals surface area contributed by atoms with Gasteiger partial charge in [0.25, 0.3) is 0 Å². The standard InChI is InChI=1S/C20H29NO2/c1-21-12-11-20(10-9-19(7-4-8-19)14-18(20)21)15-5-6-16(22-2)17(13-15)23-3/h5-6,13,18H,4,7-12,14H2,1-3H3. The first kappa shape index (κ1) is 15.3. The first-order chi connectivity index (χ1) is 11.1. The van der Waals surface area contributed by atoms with Crippen LogP contribution in [-0.2, 0) is 5.41 Å². The Balaban J connectivity index is 1.71. The molecular weight excluding hydrogens is 286 g/mol. The monoisotopic (exact) mass is 315 g/mol. The Labute approximate surface area is 140 Å². The summed E-state index contributed by atoms with van der Waals surface area (Å²) in [6.45, 7) is 1.22. The third-order valence-corrected chi connectivity index (χ3v) is 7.18. The molecule has 2 aliphatic carbocycles. The molecule has 2 saturated carbocycles. The lowest BCUT2D eigenvalue weighted by atomic mass is 9.52. The van der Waals surface area contributed by atoms with E-state index in [0.29, 0.717) is 16.9 Å². The molecule has 1 saturated heterocycles. The molecule has 0 bridgehead atoms. The summed E-state index contributed by atoms with van der Waals surface area (Å²) in [6, 6.07) is 7.30. The minimum atomic E-state index is 0.315. The molecule has 2 unspecified atom stereocenters. The van der Waals surface area contributed by atoms with Gasteiger partial charge in [-0.1, -0.05) is 12.5 Å². The smallest absolute Gasteiger partial charge is 0.161 e. The summed E-state index contributed by atoms with van der Waals surface area (Å²) >= 11 is 0. The van der Waals surface area contributed by atoms with Gasteiger partial charge in [-0.15, -0.1) is 0 Å². The summed E-state index contributed by atoms with van der Waals surface area (Å²) in [5, 5.41) is 0. The van der Waals surface area contributed by atoms with E-state index in [-0.39, 0.29) is 0 Å². The van der Waals surface area contributed by atoms with E-state index in [1.165, 1.54) is 57.1 Å². The van der Waals surface area contributed by atoms with Crippen LogP contribution in [0.15, 0.2) is 18.2 Å². The molecular formula is C20H29NO2. The highest BCUT2D eigenvalue weighted by Crippen LogP contribution is 2.60. The first-order valence-electron chi connectivity index (χ1n) is 9.05. The Bertz CT molecular complexity index is 595. The van der Waals surface area contributed by atoms with Crippen LogP contribution in [0.25, 0.3) is 0 Å². The van der Waals surface area contributed by atoms with Gasteiger partial charge in [0.1, 0.15) is 0 Å². The highest BCUT2D eigenvalue weighted by molar-refractivity contribution is 5.46. The van der Waals surface area contributed by atoms with Gasteiger partial charge in [-0.2, -0.15) is 0 Å². The van der Waals surface area contributed by atoms with Gasteiger partial charge in [-0.05, 0) is 75.2 Å². The molecule has 4 rings (SSSR count). The highest BCUT2D eigenvalue weighted by Gasteiger charge is 2.55. The zero-order valence-corrected chi connectivity index (χ0v) is 14.7. The van der Waals surface area contributed by atoms with Gasteiger partial charge in [0.15, 0.2) is 11.5 Å². The van der Waals surface area contributed by atoms with Crippen LogP contribution in [0, 0.1) is 5.41 Å². The van der Waals surface area contributed by atoms with Crippen molar-refractivity contribution in [2.75, 3.05) is 27.8 Å².